The van der Waals surface area contributed by atoms with Gasteiger partial charge in [-0.3, -0.25) is 9.59 Å². The Morgan fingerprint density at radius 2 is 1.80 bits per heavy atom. The van der Waals surface area contributed by atoms with E-state index in [1.165, 1.54) is 12.8 Å². The summed E-state index contributed by atoms with van der Waals surface area (Å²) in [5.74, 6) is -0.350. The lowest BCUT2D eigenvalue weighted by Crippen LogP contribution is -2.35. The Hall–Kier alpha value is -2.44. The number of nitrogens with two attached hydrogens (primary N) is 1. The number of amides is 2. The number of hydrogen-bond acceptors (Lipinski definition) is 4. The van der Waals surface area contributed by atoms with Gasteiger partial charge in [-0.2, -0.15) is 0 Å². The Kier molecular flexibility index (Phi) is 9.96. The van der Waals surface area contributed by atoms with Crippen molar-refractivity contribution < 1.29 is 9.59 Å². The Bertz CT molecular complexity index is 870. The van der Waals surface area contributed by atoms with Crippen LogP contribution in [0.15, 0.2) is 42.5 Å². The number of aryl methyl sites for hydroxylation is 1. The number of nitrogens with zero attached hydrogens (tertiary/aromatic N) is 1. The van der Waals surface area contributed by atoms with Crippen LogP contribution in [0.1, 0.15) is 42.1 Å². The number of nitrogen functional groups attached to an aromatic ring is 1. The molecular weight excluding hydrogens is 423 g/mol. The van der Waals surface area contributed by atoms with E-state index in [1.807, 2.05) is 38.1 Å². The Morgan fingerprint density at radius 3 is 2.50 bits per heavy atom. The first-order chi connectivity index (χ1) is 13.4. The molecule has 0 saturated carbocycles. The highest BCUT2D eigenvalue weighted by atomic mass is 35.5. The molecule has 1 heterocycles. The smallest absolute Gasteiger partial charge is 0.251 e. The van der Waals surface area contributed by atoms with Crippen LogP contribution in [0.3, 0.4) is 0 Å². The van der Waals surface area contributed by atoms with Crippen LogP contribution < -0.4 is 21.3 Å². The summed E-state index contributed by atoms with van der Waals surface area (Å²) >= 11 is 0. The van der Waals surface area contributed by atoms with Crippen molar-refractivity contribution in [1.29, 1.82) is 0 Å². The molecule has 2 aromatic rings. The zero-order chi connectivity index (χ0) is 20.1. The minimum Gasteiger partial charge on any atom is -0.399 e. The van der Waals surface area contributed by atoms with E-state index in [2.05, 4.69) is 21.6 Å². The van der Waals surface area contributed by atoms with Gasteiger partial charge in [0, 0.05) is 48.2 Å². The summed E-state index contributed by atoms with van der Waals surface area (Å²) in [7, 11) is 0. The third-order valence-electron chi connectivity index (χ3n) is 4.98. The largest absolute Gasteiger partial charge is 0.399 e. The van der Waals surface area contributed by atoms with Crippen LogP contribution in [0.25, 0.3) is 0 Å². The lowest BCUT2D eigenvalue weighted by atomic mass is 10.1. The first kappa shape index (κ1) is 25.6. The van der Waals surface area contributed by atoms with Crippen LogP contribution in [-0.4, -0.2) is 30.9 Å². The Balaban J connectivity index is 0.00000225. The molecule has 1 saturated heterocycles. The second-order valence-electron chi connectivity index (χ2n) is 7.45. The van der Waals surface area contributed by atoms with Gasteiger partial charge in [-0.15, -0.1) is 24.8 Å². The SMILES string of the molecule is Cc1ccc(N)cc1C(=O)NC(C)CC(=O)Nc1cccc(N2CCCC2)c1.Cl.Cl. The van der Waals surface area contributed by atoms with Gasteiger partial charge in [-0.1, -0.05) is 12.1 Å². The average molecular weight is 453 g/mol. The number of hydrogen-bond donors (Lipinski definition) is 3. The molecule has 4 N–H and O–H groups in total. The topological polar surface area (TPSA) is 87.5 Å². The molecule has 0 spiro atoms. The van der Waals surface area contributed by atoms with Crippen molar-refractivity contribution in [3.05, 3.63) is 53.6 Å². The van der Waals surface area contributed by atoms with Gasteiger partial charge in [-0.05, 0) is 62.6 Å². The molecule has 1 unspecified atom stereocenters. The predicted molar refractivity (Wildman–Crippen MR) is 128 cm³/mol. The zero-order valence-electron chi connectivity index (χ0n) is 17.3. The molecule has 2 aromatic carbocycles. The van der Waals surface area contributed by atoms with E-state index in [1.54, 1.807) is 12.1 Å². The number of rotatable bonds is 6. The van der Waals surface area contributed by atoms with Crippen LogP contribution in [-0.2, 0) is 4.79 Å². The van der Waals surface area contributed by atoms with Gasteiger partial charge in [-0.25, -0.2) is 0 Å². The fourth-order valence-corrected chi connectivity index (χ4v) is 3.48. The van der Waals surface area contributed by atoms with Crippen LogP contribution >= 0.6 is 24.8 Å². The van der Waals surface area contributed by atoms with E-state index in [4.69, 9.17) is 5.73 Å². The predicted octanol–water partition coefficient (Wildman–Crippen LogP) is 4.17. The highest BCUT2D eigenvalue weighted by molar-refractivity contribution is 5.97. The fraction of sp³-hybridized carbons (Fsp3) is 0.364. The summed E-state index contributed by atoms with van der Waals surface area (Å²) < 4.78 is 0. The summed E-state index contributed by atoms with van der Waals surface area (Å²) in [6.45, 7) is 5.80. The van der Waals surface area contributed by atoms with Crippen molar-refractivity contribution in [1.82, 2.24) is 5.32 Å². The van der Waals surface area contributed by atoms with Crippen molar-refractivity contribution in [2.75, 3.05) is 29.0 Å². The maximum atomic E-state index is 12.5. The summed E-state index contributed by atoms with van der Waals surface area (Å²) in [6.07, 6.45) is 2.61. The van der Waals surface area contributed by atoms with Crippen molar-refractivity contribution in [2.24, 2.45) is 0 Å². The molecule has 8 heteroatoms. The maximum Gasteiger partial charge on any atom is 0.251 e. The first-order valence-corrected chi connectivity index (χ1v) is 9.74. The molecule has 30 heavy (non-hydrogen) atoms. The standard InChI is InChI=1S/C22H28N4O2.2ClH/c1-15-8-9-17(23)13-20(15)22(28)24-16(2)12-21(27)25-18-6-5-7-19(14-18)26-10-3-4-11-26;;/h5-9,13-14,16H,3-4,10-12,23H2,1-2H3,(H,24,28)(H,25,27);2*1H. The van der Waals surface area contributed by atoms with Crippen LogP contribution in [0, 0.1) is 6.92 Å². The normalized spacial score (nSPS) is 13.6. The van der Waals surface area contributed by atoms with Gasteiger partial charge in [0.05, 0.1) is 0 Å². The van der Waals surface area contributed by atoms with Gasteiger partial charge in [0.1, 0.15) is 0 Å². The summed E-state index contributed by atoms with van der Waals surface area (Å²) in [5.41, 5.74) is 9.61. The molecular formula is C22H30Cl2N4O2. The molecule has 0 aliphatic carbocycles. The van der Waals surface area contributed by atoms with Crippen molar-refractivity contribution in [3.63, 3.8) is 0 Å². The van der Waals surface area contributed by atoms with E-state index < -0.39 is 0 Å². The minimum atomic E-state index is -0.296. The van der Waals surface area contributed by atoms with E-state index in [-0.39, 0.29) is 49.1 Å². The van der Waals surface area contributed by atoms with Gasteiger partial charge in [0.25, 0.3) is 5.91 Å². The van der Waals surface area contributed by atoms with E-state index in [0.717, 1.165) is 30.0 Å². The number of nitrogens with one attached hydrogen (secondary N) is 2. The third-order valence-corrected chi connectivity index (χ3v) is 4.98. The molecule has 164 valence electrons. The molecule has 0 bridgehead atoms. The van der Waals surface area contributed by atoms with Gasteiger partial charge in [0.2, 0.25) is 5.91 Å². The first-order valence-electron chi connectivity index (χ1n) is 9.74. The summed E-state index contributed by atoms with van der Waals surface area (Å²) in [6, 6.07) is 12.8. The van der Waals surface area contributed by atoms with E-state index in [9.17, 15) is 9.59 Å². The van der Waals surface area contributed by atoms with Crippen molar-refractivity contribution >= 4 is 53.7 Å². The van der Waals surface area contributed by atoms with Crippen molar-refractivity contribution in [2.45, 2.75) is 39.2 Å². The van der Waals surface area contributed by atoms with Crippen LogP contribution in [0.2, 0.25) is 0 Å². The quantitative estimate of drug-likeness (QED) is 0.573. The van der Waals surface area contributed by atoms with Gasteiger partial charge >= 0.3 is 0 Å². The van der Waals surface area contributed by atoms with E-state index in [0.29, 0.717) is 11.3 Å². The molecule has 2 amide bonds. The molecule has 3 rings (SSSR count). The molecule has 1 fully saturated rings. The number of halogens is 2. The van der Waals surface area contributed by atoms with E-state index >= 15 is 0 Å². The number of benzene rings is 2. The lowest BCUT2D eigenvalue weighted by molar-refractivity contribution is -0.116. The Labute approximate surface area is 190 Å². The second kappa shape index (κ2) is 11.7. The zero-order valence-corrected chi connectivity index (χ0v) is 18.9. The Morgan fingerprint density at radius 1 is 1.10 bits per heavy atom. The number of anilines is 3. The molecule has 1 aliphatic heterocycles. The molecule has 0 radical (unpaired) electrons. The summed E-state index contributed by atoms with van der Waals surface area (Å²) in [4.78, 5) is 27.2. The third kappa shape index (κ3) is 6.82. The highest BCUT2D eigenvalue weighted by Crippen LogP contribution is 2.23. The van der Waals surface area contributed by atoms with Crippen LogP contribution in [0.5, 0.6) is 0 Å². The van der Waals surface area contributed by atoms with Crippen LogP contribution in [0.4, 0.5) is 17.1 Å². The average Bonchev–Trinajstić information content (AvgIpc) is 3.18. The lowest BCUT2D eigenvalue weighted by Gasteiger charge is -2.19. The van der Waals surface area contributed by atoms with Gasteiger partial charge in [0.15, 0.2) is 0 Å². The molecule has 6 nitrogen and oxygen atoms in total. The summed E-state index contributed by atoms with van der Waals surface area (Å²) in [5, 5.41) is 5.81. The minimum absolute atomic E-state index is 0. The molecule has 1 atom stereocenters. The molecule has 1 aliphatic rings. The van der Waals surface area contributed by atoms with Gasteiger partial charge < -0.3 is 21.3 Å². The molecule has 0 aromatic heterocycles. The monoisotopic (exact) mass is 452 g/mol. The fourth-order valence-electron chi connectivity index (χ4n) is 3.48. The maximum absolute atomic E-state index is 12.5. The highest BCUT2D eigenvalue weighted by Gasteiger charge is 2.16. The number of carbonyl (C=O) groups is 2. The second-order valence-corrected chi connectivity index (χ2v) is 7.45. The van der Waals surface area contributed by atoms with Crippen molar-refractivity contribution in [3.8, 4) is 0 Å². The number of carbonyl (C=O) groups excluding carboxylic acids is 2.